The van der Waals surface area contributed by atoms with Gasteiger partial charge in [-0.1, -0.05) is 13.8 Å². The zero-order valence-electron chi connectivity index (χ0n) is 12.2. The van der Waals surface area contributed by atoms with Gasteiger partial charge >= 0.3 is 0 Å². The van der Waals surface area contributed by atoms with E-state index in [1.54, 1.807) is 0 Å². The summed E-state index contributed by atoms with van der Waals surface area (Å²) < 4.78 is 0. The zero-order chi connectivity index (χ0) is 13.9. The van der Waals surface area contributed by atoms with E-state index < -0.39 is 5.41 Å². The third kappa shape index (κ3) is 2.83. The summed E-state index contributed by atoms with van der Waals surface area (Å²) in [6.07, 6.45) is 5.34. The van der Waals surface area contributed by atoms with Crippen molar-refractivity contribution < 1.29 is 9.59 Å². The van der Waals surface area contributed by atoms with Crippen molar-refractivity contribution in [2.45, 2.75) is 52.4 Å². The number of nitrogens with one attached hydrogen (secondary N) is 1. The quantitative estimate of drug-likeness (QED) is 0.774. The number of piperidine rings is 1. The average Bonchev–Trinajstić information content (AvgIpc) is 2.69. The molecule has 0 bridgehead atoms. The first-order valence-corrected chi connectivity index (χ1v) is 7.68. The molecule has 1 atom stereocenters. The third-order valence-electron chi connectivity index (χ3n) is 5.00. The number of rotatable bonds is 5. The molecule has 4 nitrogen and oxygen atoms in total. The minimum atomic E-state index is -0.401. The van der Waals surface area contributed by atoms with Crippen LogP contribution in [0.5, 0.6) is 0 Å². The molecule has 0 saturated carbocycles. The lowest BCUT2D eigenvalue weighted by atomic mass is 9.81. The Morgan fingerprint density at radius 3 is 2.58 bits per heavy atom. The highest BCUT2D eigenvalue weighted by Gasteiger charge is 2.48. The normalized spacial score (nSPS) is 27.1. The summed E-state index contributed by atoms with van der Waals surface area (Å²) in [6, 6.07) is 0. The Hall–Kier alpha value is -0.900. The van der Waals surface area contributed by atoms with Crippen molar-refractivity contribution >= 4 is 11.8 Å². The number of amides is 2. The van der Waals surface area contributed by atoms with Gasteiger partial charge in [0.05, 0.1) is 5.41 Å². The fraction of sp³-hybridized carbons (Fsp3) is 0.867. The Kier molecular flexibility index (Phi) is 4.61. The molecule has 2 rings (SSSR count). The molecule has 2 amide bonds. The molecule has 19 heavy (non-hydrogen) atoms. The first-order chi connectivity index (χ1) is 9.13. The Balaban J connectivity index is 1.93. The largest absolute Gasteiger partial charge is 0.316 e. The molecule has 108 valence electrons. The van der Waals surface area contributed by atoms with Gasteiger partial charge in [-0.3, -0.25) is 14.5 Å². The van der Waals surface area contributed by atoms with E-state index in [9.17, 15) is 9.59 Å². The molecule has 4 heteroatoms. The highest BCUT2D eigenvalue weighted by Crippen LogP contribution is 2.39. The predicted octanol–water partition coefficient (Wildman–Crippen LogP) is 1.94. The smallest absolute Gasteiger partial charge is 0.235 e. The molecule has 0 aromatic heterocycles. The van der Waals surface area contributed by atoms with Crippen molar-refractivity contribution in [2.75, 3.05) is 19.6 Å². The Labute approximate surface area is 115 Å². The van der Waals surface area contributed by atoms with Crippen LogP contribution in [0.15, 0.2) is 0 Å². The van der Waals surface area contributed by atoms with Crippen LogP contribution in [0.25, 0.3) is 0 Å². The highest BCUT2D eigenvalue weighted by atomic mass is 16.2. The molecule has 0 aromatic carbocycles. The molecule has 0 spiro atoms. The second kappa shape index (κ2) is 6.04. The monoisotopic (exact) mass is 266 g/mol. The molecule has 2 saturated heterocycles. The van der Waals surface area contributed by atoms with E-state index in [4.69, 9.17) is 0 Å². The summed E-state index contributed by atoms with van der Waals surface area (Å²) in [5.74, 6) is 0.733. The van der Waals surface area contributed by atoms with Crippen LogP contribution in [0.4, 0.5) is 0 Å². The molecular weight excluding hydrogens is 240 g/mol. The van der Waals surface area contributed by atoms with Gasteiger partial charge in [0.2, 0.25) is 11.8 Å². The lowest BCUT2D eigenvalue weighted by Crippen LogP contribution is -2.38. The number of imide groups is 1. The number of carbonyl (C=O) groups is 2. The van der Waals surface area contributed by atoms with Crippen LogP contribution in [0.3, 0.4) is 0 Å². The van der Waals surface area contributed by atoms with E-state index in [0.717, 1.165) is 32.4 Å². The van der Waals surface area contributed by atoms with Gasteiger partial charge in [0.1, 0.15) is 0 Å². The maximum absolute atomic E-state index is 12.5. The molecule has 1 unspecified atom stereocenters. The van der Waals surface area contributed by atoms with Gasteiger partial charge in [-0.05, 0) is 51.1 Å². The molecule has 2 fully saturated rings. The average molecular weight is 266 g/mol. The lowest BCUT2D eigenvalue weighted by Gasteiger charge is -2.26. The highest BCUT2D eigenvalue weighted by molar-refractivity contribution is 6.05. The third-order valence-corrected chi connectivity index (χ3v) is 5.00. The summed E-state index contributed by atoms with van der Waals surface area (Å²) in [5.41, 5.74) is -0.401. The molecule has 0 aromatic rings. The summed E-state index contributed by atoms with van der Waals surface area (Å²) in [5, 5.41) is 3.38. The van der Waals surface area contributed by atoms with Crippen LogP contribution in [0.2, 0.25) is 0 Å². The van der Waals surface area contributed by atoms with Crippen LogP contribution in [0, 0.1) is 11.3 Å². The molecular formula is C15H26N2O2. The fourth-order valence-corrected chi connectivity index (χ4v) is 3.37. The molecule has 1 N–H and O–H groups in total. The van der Waals surface area contributed by atoms with E-state index in [1.165, 1.54) is 17.7 Å². The maximum Gasteiger partial charge on any atom is 0.235 e. The van der Waals surface area contributed by atoms with Crippen molar-refractivity contribution in [2.24, 2.45) is 11.3 Å². The van der Waals surface area contributed by atoms with Crippen molar-refractivity contribution in [3.8, 4) is 0 Å². The van der Waals surface area contributed by atoms with Crippen molar-refractivity contribution in [3.05, 3.63) is 0 Å². The van der Waals surface area contributed by atoms with E-state index >= 15 is 0 Å². The van der Waals surface area contributed by atoms with Crippen LogP contribution in [0.1, 0.15) is 52.4 Å². The maximum atomic E-state index is 12.5. The second-order valence-corrected chi connectivity index (χ2v) is 6.02. The van der Waals surface area contributed by atoms with E-state index in [1.807, 2.05) is 13.8 Å². The van der Waals surface area contributed by atoms with Gasteiger partial charge in [0, 0.05) is 13.0 Å². The molecule has 2 heterocycles. The number of likely N-dealkylation sites (tertiary alicyclic amines) is 1. The van der Waals surface area contributed by atoms with Crippen molar-refractivity contribution in [1.29, 1.82) is 0 Å². The second-order valence-electron chi connectivity index (χ2n) is 6.02. The van der Waals surface area contributed by atoms with E-state index in [-0.39, 0.29) is 11.8 Å². The van der Waals surface area contributed by atoms with Gasteiger partial charge in [-0.25, -0.2) is 0 Å². The Morgan fingerprint density at radius 1 is 1.32 bits per heavy atom. The van der Waals surface area contributed by atoms with Gasteiger partial charge < -0.3 is 5.32 Å². The number of hydrogen-bond acceptors (Lipinski definition) is 3. The first-order valence-electron chi connectivity index (χ1n) is 7.68. The topological polar surface area (TPSA) is 49.4 Å². The molecule has 0 aliphatic carbocycles. The summed E-state index contributed by atoms with van der Waals surface area (Å²) in [7, 11) is 0. The van der Waals surface area contributed by atoms with Gasteiger partial charge in [-0.2, -0.15) is 0 Å². The lowest BCUT2D eigenvalue weighted by molar-refractivity contribution is -0.141. The summed E-state index contributed by atoms with van der Waals surface area (Å²) in [6.45, 7) is 6.79. The number of nitrogens with zero attached hydrogens (tertiary/aromatic N) is 1. The van der Waals surface area contributed by atoms with Crippen molar-refractivity contribution in [1.82, 2.24) is 10.2 Å². The SMILES string of the molecule is CCC1(CC)CC(=O)N(CCC2CCCNC2)C1=O. The van der Waals surface area contributed by atoms with Gasteiger partial charge in [0.25, 0.3) is 0 Å². The summed E-state index contributed by atoms with van der Waals surface area (Å²) >= 11 is 0. The van der Waals surface area contributed by atoms with Crippen molar-refractivity contribution in [3.63, 3.8) is 0 Å². The number of carbonyl (C=O) groups excluding carboxylic acids is 2. The fourth-order valence-electron chi connectivity index (χ4n) is 3.37. The standard InChI is InChI=1S/C15H26N2O2/c1-3-15(4-2)10-13(18)17(14(15)19)9-7-12-6-5-8-16-11-12/h12,16H,3-11H2,1-2H3. The predicted molar refractivity (Wildman–Crippen MR) is 74.6 cm³/mol. The van der Waals surface area contributed by atoms with Crippen LogP contribution in [-0.4, -0.2) is 36.3 Å². The van der Waals surface area contributed by atoms with E-state index in [2.05, 4.69) is 5.32 Å². The van der Waals surface area contributed by atoms with Gasteiger partial charge in [0.15, 0.2) is 0 Å². The number of hydrogen-bond donors (Lipinski definition) is 1. The molecule has 0 radical (unpaired) electrons. The Morgan fingerprint density at radius 2 is 2.05 bits per heavy atom. The van der Waals surface area contributed by atoms with Gasteiger partial charge in [-0.15, -0.1) is 0 Å². The zero-order valence-corrected chi connectivity index (χ0v) is 12.2. The first kappa shape index (κ1) is 14.5. The minimum absolute atomic E-state index is 0.0393. The molecule has 2 aliphatic heterocycles. The van der Waals surface area contributed by atoms with Crippen LogP contribution < -0.4 is 5.32 Å². The van der Waals surface area contributed by atoms with Crippen LogP contribution >= 0.6 is 0 Å². The Bertz CT molecular complexity index is 344. The summed E-state index contributed by atoms with van der Waals surface area (Å²) in [4.78, 5) is 26.1. The van der Waals surface area contributed by atoms with Crippen LogP contribution in [-0.2, 0) is 9.59 Å². The van der Waals surface area contributed by atoms with E-state index in [0.29, 0.717) is 18.9 Å². The minimum Gasteiger partial charge on any atom is -0.316 e. The molecule has 2 aliphatic rings.